The quantitative estimate of drug-likeness (QED) is 0.604. The van der Waals surface area contributed by atoms with Crippen LogP contribution in [0.2, 0.25) is 0 Å². The lowest BCUT2D eigenvalue weighted by molar-refractivity contribution is -0.0502. The maximum atomic E-state index is 6.15. The summed E-state index contributed by atoms with van der Waals surface area (Å²) in [4.78, 5) is 9.91. The minimum Gasteiger partial charge on any atom is -0.373 e. The molecule has 162 valence electrons. The van der Waals surface area contributed by atoms with E-state index in [-0.39, 0.29) is 6.10 Å². The molecule has 7 nitrogen and oxygen atoms in total. The van der Waals surface area contributed by atoms with E-state index in [0.29, 0.717) is 12.6 Å². The molecule has 2 saturated heterocycles. The average molecular weight is 411 g/mol. The molecule has 2 fully saturated rings. The Hall–Kier alpha value is -2.38. The number of nitrogens with zero attached hydrogens (tertiary/aromatic N) is 5. The molecule has 7 heteroatoms. The second-order valence-corrected chi connectivity index (χ2v) is 8.28. The smallest absolute Gasteiger partial charge is 0.194 e. The van der Waals surface area contributed by atoms with E-state index >= 15 is 0 Å². The molecular formula is C23H34N6O. The predicted octanol–water partition coefficient (Wildman–Crippen LogP) is 2.09. The molecule has 2 aromatic rings. The van der Waals surface area contributed by atoms with Crippen molar-refractivity contribution < 1.29 is 4.74 Å². The van der Waals surface area contributed by atoms with Gasteiger partial charge in [0.2, 0.25) is 0 Å². The van der Waals surface area contributed by atoms with E-state index in [1.54, 1.807) is 0 Å². The van der Waals surface area contributed by atoms with Crippen LogP contribution in [0.4, 0.5) is 0 Å². The first kappa shape index (κ1) is 20.9. The number of benzene rings is 1. The molecule has 0 saturated carbocycles. The number of aryl methyl sites for hydroxylation is 2. The van der Waals surface area contributed by atoms with Crippen molar-refractivity contribution in [3.05, 3.63) is 52.8 Å². The molecule has 0 bridgehead atoms. The van der Waals surface area contributed by atoms with Crippen LogP contribution in [0, 0.1) is 13.8 Å². The predicted molar refractivity (Wildman–Crippen MR) is 119 cm³/mol. The van der Waals surface area contributed by atoms with Crippen LogP contribution in [0.15, 0.2) is 35.3 Å². The van der Waals surface area contributed by atoms with Gasteiger partial charge in [0.15, 0.2) is 5.96 Å². The van der Waals surface area contributed by atoms with Crippen LogP contribution >= 0.6 is 0 Å². The van der Waals surface area contributed by atoms with Gasteiger partial charge in [-0.25, -0.2) is 4.99 Å². The van der Waals surface area contributed by atoms with Gasteiger partial charge < -0.3 is 15.0 Å². The normalized spacial score (nSPS) is 22.4. The van der Waals surface area contributed by atoms with E-state index in [9.17, 15) is 0 Å². The number of ether oxygens (including phenoxy) is 1. The van der Waals surface area contributed by atoms with Crippen molar-refractivity contribution in [1.29, 1.82) is 0 Å². The zero-order valence-corrected chi connectivity index (χ0v) is 18.6. The zero-order chi connectivity index (χ0) is 21.1. The summed E-state index contributed by atoms with van der Waals surface area (Å²) in [7, 11) is 1.99. The number of rotatable bonds is 5. The number of likely N-dealkylation sites (tertiary alicyclic amines) is 1. The van der Waals surface area contributed by atoms with E-state index in [4.69, 9.17) is 9.73 Å². The Morgan fingerprint density at radius 3 is 2.73 bits per heavy atom. The molecule has 0 amide bonds. The molecule has 0 aliphatic carbocycles. The van der Waals surface area contributed by atoms with Gasteiger partial charge in [-0.2, -0.15) is 5.10 Å². The minimum atomic E-state index is 0.230. The Bertz CT molecular complexity index is 877. The molecule has 1 aromatic carbocycles. The fourth-order valence-corrected chi connectivity index (χ4v) is 4.57. The second-order valence-electron chi connectivity index (χ2n) is 8.28. The van der Waals surface area contributed by atoms with Crippen LogP contribution in [0.3, 0.4) is 0 Å². The number of hydrogen-bond donors (Lipinski definition) is 1. The number of aromatic nitrogens is 2. The monoisotopic (exact) mass is 410 g/mol. The molecule has 0 spiro atoms. The topological polar surface area (TPSA) is 57.9 Å². The molecule has 4 rings (SSSR count). The van der Waals surface area contributed by atoms with Gasteiger partial charge in [0.1, 0.15) is 0 Å². The van der Waals surface area contributed by atoms with Crippen LogP contribution in [0.25, 0.3) is 0 Å². The molecule has 0 radical (unpaired) electrons. The van der Waals surface area contributed by atoms with Crippen LogP contribution in [-0.2, 0) is 24.9 Å². The SMILES string of the molecule is CCNC(=NCc1c(C)nn(C)c1C)N1CC2OCCN(Cc3ccccc3)C2C1. The molecule has 1 N–H and O–H groups in total. The van der Waals surface area contributed by atoms with E-state index in [2.05, 4.69) is 71.3 Å². The fraction of sp³-hybridized carbons (Fsp3) is 0.565. The standard InChI is InChI=1S/C23H34N6O/c1-5-24-23(25-13-20-17(2)26-27(4)18(20)3)29-15-21-22(16-29)30-12-11-28(21)14-19-9-7-6-8-10-19/h6-10,21-22H,5,11-16H2,1-4H3,(H,24,25). The average Bonchev–Trinajstić information content (AvgIpc) is 3.28. The van der Waals surface area contributed by atoms with Gasteiger partial charge in [0.05, 0.1) is 31.0 Å². The molecule has 2 aliphatic heterocycles. The van der Waals surface area contributed by atoms with Crippen molar-refractivity contribution in [2.75, 3.05) is 32.8 Å². The highest BCUT2D eigenvalue weighted by molar-refractivity contribution is 5.80. The minimum absolute atomic E-state index is 0.230. The molecular weight excluding hydrogens is 376 g/mol. The maximum Gasteiger partial charge on any atom is 0.194 e. The summed E-state index contributed by atoms with van der Waals surface area (Å²) in [5.74, 6) is 0.970. The highest BCUT2D eigenvalue weighted by atomic mass is 16.5. The maximum absolute atomic E-state index is 6.15. The highest BCUT2D eigenvalue weighted by Crippen LogP contribution is 2.25. The molecule has 1 aromatic heterocycles. The first-order chi connectivity index (χ1) is 14.6. The first-order valence-corrected chi connectivity index (χ1v) is 11.0. The van der Waals surface area contributed by atoms with Gasteiger partial charge in [0, 0.05) is 51.0 Å². The summed E-state index contributed by atoms with van der Waals surface area (Å²) in [5.41, 5.74) is 4.81. The summed E-state index contributed by atoms with van der Waals surface area (Å²) in [5, 5.41) is 8.02. The van der Waals surface area contributed by atoms with Gasteiger partial charge in [-0.15, -0.1) is 0 Å². The third-order valence-corrected chi connectivity index (χ3v) is 6.33. The van der Waals surface area contributed by atoms with E-state index < -0.39 is 0 Å². The van der Waals surface area contributed by atoms with Gasteiger partial charge in [-0.1, -0.05) is 30.3 Å². The Labute approximate surface area is 179 Å². The van der Waals surface area contributed by atoms with Gasteiger partial charge in [-0.05, 0) is 26.3 Å². The number of aliphatic imine (C=N–C) groups is 1. The largest absolute Gasteiger partial charge is 0.373 e. The van der Waals surface area contributed by atoms with Crippen LogP contribution in [0.5, 0.6) is 0 Å². The van der Waals surface area contributed by atoms with Gasteiger partial charge in [-0.3, -0.25) is 9.58 Å². The molecule has 2 aliphatic rings. The van der Waals surface area contributed by atoms with Crippen molar-refractivity contribution in [3.63, 3.8) is 0 Å². The lowest BCUT2D eigenvalue weighted by Crippen LogP contribution is -2.50. The second kappa shape index (κ2) is 9.18. The van der Waals surface area contributed by atoms with E-state index in [1.807, 2.05) is 11.7 Å². The number of nitrogens with one attached hydrogen (secondary N) is 1. The van der Waals surface area contributed by atoms with Crippen molar-refractivity contribution >= 4 is 5.96 Å². The van der Waals surface area contributed by atoms with E-state index in [0.717, 1.165) is 51.0 Å². The number of morpholine rings is 1. The summed E-state index contributed by atoms with van der Waals surface area (Å²) in [6.45, 7) is 12.4. The van der Waals surface area contributed by atoms with Crippen LogP contribution < -0.4 is 5.32 Å². The van der Waals surface area contributed by atoms with E-state index in [1.165, 1.54) is 16.8 Å². The molecule has 2 unspecified atom stereocenters. The first-order valence-electron chi connectivity index (χ1n) is 11.0. The molecule has 30 heavy (non-hydrogen) atoms. The van der Waals surface area contributed by atoms with Crippen LogP contribution in [-0.4, -0.2) is 70.5 Å². The highest BCUT2D eigenvalue weighted by Gasteiger charge is 2.41. The number of hydrogen-bond acceptors (Lipinski definition) is 4. The van der Waals surface area contributed by atoms with Crippen molar-refractivity contribution in [1.82, 2.24) is 24.9 Å². The summed E-state index contributed by atoms with van der Waals surface area (Å²) in [6, 6.07) is 11.1. The summed E-state index contributed by atoms with van der Waals surface area (Å²) in [6.07, 6.45) is 0.230. The van der Waals surface area contributed by atoms with Crippen LogP contribution in [0.1, 0.15) is 29.4 Å². The van der Waals surface area contributed by atoms with Crippen molar-refractivity contribution in [3.8, 4) is 0 Å². The number of fused-ring (bicyclic) bond motifs is 1. The van der Waals surface area contributed by atoms with Gasteiger partial charge in [0.25, 0.3) is 0 Å². The van der Waals surface area contributed by atoms with Gasteiger partial charge >= 0.3 is 0 Å². The Morgan fingerprint density at radius 2 is 2.03 bits per heavy atom. The lowest BCUT2D eigenvalue weighted by atomic mass is 10.1. The third-order valence-electron chi connectivity index (χ3n) is 6.33. The molecule has 2 atom stereocenters. The lowest BCUT2D eigenvalue weighted by Gasteiger charge is -2.36. The van der Waals surface area contributed by atoms with Crippen molar-refractivity contribution in [2.45, 2.75) is 46.0 Å². The summed E-state index contributed by atoms with van der Waals surface area (Å²) >= 11 is 0. The summed E-state index contributed by atoms with van der Waals surface area (Å²) < 4.78 is 8.09. The molecule has 3 heterocycles. The fourth-order valence-electron chi connectivity index (χ4n) is 4.57. The van der Waals surface area contributed by atoms with Crippen molar-refractivity contribution in [2.24, 2.45) is 12.0 Å². The number of guanidine groups is 1. The Balaban J connectivity index is 1.48. The Morgan fingerprint density at radius 1 is 1.23 bits per heavy atom. The third kappa shape index (κ3) is 4.37. The zero-order valence-electron chi connectivity index (χ0n) is 18.6. The Kier molecular flexibility index (Phi) is 6.39.